The fraction of sp³-hybridized carbons (Fsp3) is 0.375. The van der Waals surface area contributed by atoms with Crippen LogP contribution in [0.5, 0.6) is 0 Å². The molecule has 1 amide bonds. The summed E-state index contributed by atoms with van der Waals surface area (Å²) in [6.45, 7) is 6.11. The van der Waals surface area contributed by atoms with Crippen LogP contribution in [0.2, 0.25) is 0 Å². The van der Waals surface area contributed by atoms with Crippen molar-refractivity contribution >= 4 is 43.5 Å². The number of rotatable bonds is 10. The molecule has 0 aliphatic heterocycles. The summed E-state index contributed by atoms with van der Waals surface area (Å²) in [5, 5.41) is 2.75. The van der Waals surface area contributed by atoms with Gasteiger partial charge >= 0.3 is 5.97 Å². The average Bonchev–Trinajstić information content (AvgIpc) is 2.95. The van der Waals surface area contributed by atoms with Crippen molar-refractivity contribution in [1.29, 1.82) is 0 Å². The van der Waals surface area contributed by atoms with Crippen LogP contribution in [0.4, 0.5) is 10.1 Å². The molecule has 0 spiro atoms. The van der Waals surface area contributed by atoms with E-state index >= 15 is 0 Å². The molecule has 0 radical (unpaired) electrons. The van der Waals surface area contributed by atoms with Crippen LogP contribution in [0, 0.1) is 31.5 Å². The first kappa shape index (κ1) is 31.8. The van der Waals surface area contributed by atoms with E-state index in [1.807, 2.05) is 56.3 Å². The maximum Gasteiger partial charge on any atom is 0.308 e. The third kappa shape index (κ3) is 7.65. The molecule has 0 heterocycles. The van der Waals surface area contributed by atoms with Crippen LogP contribution in [0.3, 0.4) is 0 Å². The molecule has 42 heavy (non-hydrogen) atoms. The van der Waals surface area contributed by atoms with E-state index < -0.39 is 21.7 Å². The van der Waals surface area contributed by atoms with E-state index in [1.165, 1.54) is 10.4 Å². The molecule has 1 aliphatic rings. The number of carbonyl (C=O) groups is 2. The highest BCUT2D eigenvalue weighted by atomic mass is 79.9. The average molecular weight is 660 g/mol. The summed E-state index contributed by atoms with van der Waals surface area (Å²) in [6.07, 6.45) is 2.63. The summed E-state index contributed by atoms with van der Waals surface area (Å²) in [7, 11) is -4.13. The number of esters is 1. The minimum atomic E-state index is -4.13. The van der Waals surface area contributed by atoms with Crippen molar-refractivity contribution in [3.8, 4) is 0 Å². The monoisotopic (exact) mass is 658 g/mol. The first-order chi connectivity index (χ1) is 20.0. The molecule has 7 nitrogen and oxygen atoms in total. The summed E-state index contributed by atoms with van der Waals surface area (Å²) in [6, 6.07) is 16.3. The van der Waals surface area contributed by atoms with Crippen LogP contribution >= 0.6 is 15.9 Å². The van der Waals surface area contributed by atoms with Crippen LogP contribution < -0.4 is 5.32 Å². The van der Waals surface area contributed by atoms with Gasteiger partial charge in [0, 0.05) is 23.2 Å². The Kier molecular flexibility index (Phi) is 10.6. The first-order valence-electron chi connectivity index (χ1n) is 14.1. The van der Waals surface area contributed by atoms with E-state index in [9.17, 15) is 22.4 Å². The molecule has 0 atom stereocenters. The fourth-order valence-electron chi connectivity index (χ4n) is 5.40. The highest BCUT2D eigenvalue weighted by molar-refractivity contribution is 9.10. The topological polar surface area (TPSA) is 92.8 Å². The summed E-state index contributed by atoms with van der Waals surface area (Å²) in [5.41, 5.74) is 2.61. The van der Waals surface area contributed by atoms with E-state index in [0.29, 0.717) is 38.0 Å². The highest BCUT2D eigenvalue weighted by Crippen LogP contribution is 2.33. The van der Waals surface area contributed by atoms with Gasteiger partial charge in [0.2, 0.25) is 10.0 Å². The maximum atomic E-state index is 14.9. The van der Waals surface area contributed by atoms with Gasteiger partial charge in [-0.15, -0.1) is 0 Å². The second-order valence-electron chi connectivity index (χ2n) is 10.8. The van der Waals surface area contributed by atoms with Crippen LogP contribution in [-0.2, 0) is 26.1 Å². The van der Waals surface area contributed by atoms with Crippen LogP contribution in [-0.4, -0.2) is 37.8 Å². The predicted octanol–water partition coefficient (Wildman–Crippen LogP) is 7.02. The number of hydrogen-bond donors (Lipinski definition) is 1. The summed E-state index contributed by atoms with van der Waals surface area (Å²) in [4.78, 5) is 25.2. The number of hydrogen-bond acceptors (Lipinski definition) is 5. The Balaban J connectivity index is 1.61. The number of aryl methyl sites for hydroxylation is 2. The second kappa shape index (κ2) is 13.9. The van der Waals surface area contributed by atoms with Gasteiger partial charge in [0.1, 0.15) is 5.82 Å². The fourth-order valence-corrected chi connectivity index (χ4v) is 7.37. The number of para-hydroxylation sites is 1. The first-order valence-corrected chi connectivity index (χ1v) is 16.3. The molecule has 0 unspecified atom stereocenters. The number of anilines is 1. The smallest absolute Gasteiger partial charge is 0.308 e. The lowest BCUT2D eigenvalue weighted by Gasteiger charge is -2.31. The third-order valence-corrected chi connectivity index (χ3v) is 10.0. The van der Waals surface area contributed by atoms with Crippen molar-refractivity contribution < 1.29 is 27.1 Å². The van der Waals surface area contributed by atoms with Crippen molar-refractivity contribution in [2.45, 2.75) is 57.9 Å². The van der Waals surface area contributed by atoms with Gasteiger partial charge in [0.15, 0.2) is 0 Å². The quantitative estimate of drug-likeness (QED) is 0.236. The molecular weight excluding hydrogens is 623 g/mol. The van der Waals surface area contributed by atoms with Crippen molar-refractivity contribution in [3.05, 3.63) is 93.2 Å². The Hall–Kier alpha value is -3.08. The van der Waals surface area contributed by atoms with Gasteiger partial charge < -0.3 is 10.1 Å². The molecule has 1 fully saturated rings. The zero-order valence-electron chi connectivity index (χ0n) is 24.0. The number of carbonyl (C=O) groups excluding carboxylic acids is 2. The lowest BCUT2D eigenvalue weighted by Crippen LogP contribution is -2.37. The lowest BCUT2D eigenvalue weighted by atomic mass is 9.82. The van der Waals surface area contributed by atoms with Crippen LogP contribution in [0.15, 0.2) is 70.0 Å². The molecule has 3 aromatic rings. The summed E-state index contributed by atoms with van der Waals surface area (Å²) in [5.74, 6) is -1.88. The Bertz CT molecular complexity index is 1530. The van der Waals surface area contributed by atoms with Gasteiger partial charge in [-0.1, -0.05) is 46.3 Å². The minimum absolute atomic E-state index is 0.0323. The highest BCUT2D eigenvalue weighted by Gasteiger charge is 2.33. The van der Waals surface area contributed by atoms with Crippen molar-refractivity contribution in [2.75, 3.05) is 18.5 Å². The van der Waals surface area contributed by atoms with E-state index in [-0.39, 0.29) is 41.4 Å². The van der Waals surface area contributed by atoms with Gasteiger partial charge in [-0.2, -0.15) is 4.31 Å². The van der Waals surface area contributed by atoms with E-state index in [4.69, 9.17) is 4.74 Å². The van der Waals surface area contributed by atoms with E-state index in [0.717, 1.165) is 33.3 Å². The SMILES string of the molecule is CCOC(=O)C1CCC(CN(Cc2cccc(Br)c2)S(=O)(=O)c2ccc(F)c(C(=O)Nc3c(C)cccc3C)c2)CC1. The molecule has 1 saturated carbocycles. The largest absolute Gasteiger partial charge is 0.466 e. The Labute approximate surface area is 255 Å². The van der Waals surface area contributed by atoms with Gasteiger partial charge in [0.25, 0.3) is 5.91 Å². The zero-order chi connectivity index (χ0) is 30.4. The van der Waals surface area contributed by atoms with Crippen molar-refractivity contribution in [3.63, 3.8) is 0 Å². The molecule has 224 valence electrons. The molecule has 0 bridgehead atoms. The van der Waals surface area contributed by atoms with Crippen LogP contribution in [0.1, 0.15) is 59.7 Å². The number of amides is 1. The molecule has 4 rings (SSSR count). The number of halogens is 2. The van der Waals surface area contributed by atoms with E-state index in [1.54, 1.807) is 6.92 Å². The number of sulfonamides is 1. The summed E-state index contributed by atoms with van der Waals surface area (Å²) >= 11 is 3.45. The number of nitrogens with one attached hydrogen (secondary N) is 1. The van der Waals surface area contributed by atoms with Crippen molar-refractivity contribution in [1.82, 2.24) is 4.31 Å². The van der Waals surface area contributed by atoms with Crippen molar-refractivity contribution in [2.24, 2.45) is 11.8 Å². The Morgan fingerprint density at radius 1 is 1.00 bits per heavy atom. The summed E-state index contributed by atoms with van der Waals surface area (Å²) < 4.78 is 50.5. The lowest BCUT2D eigenvalue weighted by molar-refractivity contribution is -0.149. The Morgan fingerprint density at radius 2 is 1.67 bits per heavy atom. The second-order valence-corrected chi connectivity index (χ2v) is 13.6. The molecule has 3 aromatic carbocycles. The van der Waals surface area contributed by atoms with Gasteiger partial charge in [-0.3, -0.25) is 9.59 Å². The molecule has 0 aromatic heterocycles. The van der Waals surface area contributed by atoms with Crippen LogP contribution in [0.25, 0.3) is 0 Å². The minimum Gasteiger partial charge on any atom is -0.466 e. The number of benzene rings is 3. The number of nitrogens with zero attached hydrogens (tertiary/aromatic N) is 1. The third-order valence-electron chi connectivity index (χ3n) is 7.72. The molecule has 1 N–H and O–H groups in total. The molecular formula is C32H36BrFN2O5S. The maximum absolute atomic E-state index is 14.9. The number of ether oxygens (including phenoxy) is 1. The standard InChI is InChI=1S/C32H36BrFN2O5S/c1-4-41-32(38)25-13-11-23(12-14-25)19-36(20-24-9-6-10-26(33)17-24)42(39,40)27-15-16-29(34)28(18-27)31(37)35-30-21(2)7-5-8-22(30)3/h5-10,15-18,23,25H,4,11-14,19-20H2,1-3H3,(H,35,37). The van der Waals surface area contributed by atoms with E-state index in [2.05, 4.69) is 21.2 Å². The molecule has 10 heteroatoms. The predicted molar refractivity (Wildman–Crippen MR) is 164 cm³/mol. The normalized spacial score (nSPS) is 17.2. The van der Waals surface area contributed by atoms with Gasteiger partial charge in [0.05, 0.1) is 23.0 Å². The zero-order valence-corrected chi connectivity index (χ0v) is 26.4. The Morgan fingerprint density at radius 3 is 2.31 bits per heavy atom. The molecule has 1 aliphatic carbocycles. The van der Waals surface area contributed by atoms with Gasteiger partial charge in [-0.25, -0.2) is 12.8 Å². The molecule has 0 saturated heterocycles. The van der Waals surface area contributed by atoms with Gasteiger partial charge in [-0.05, 0) is 99.4 Å².